The van der Waals surface area contributed by atoms with Crippen LogP contribution in [0.1, 0.15) is 27.7 Å². The van der Waals surface area contributed by atoms with Crippen LogP contribution >= 0.6 is 0 Å². The van der Waals surface area contributed by atoms with E-state index >= 15 is 0 Å². The normalized spacial score (nSPS) is 13.7. The molecule has 0 saturated heterocycles. The Bertz CT molecular complexity index is 1000. The highest BCUT2D eigenvalue weighted by molar-refractivity contribution is 6.57. The molecule has 112 valence electrons. The second kappa shape index (κ2) is 5.14. The van der Waals surface area contributed by atoms with Crippen molar-refractivity contribution in [3.63, 3.8) is 0 Å². The quantitative estimate of drug-likeness (QED) is 0.754. The largest absolute Gasteiger partial charge is 0.396 e. The smallest absolute Gasteiger partial charge is 0.234 e. The molecule has 0 unspecified atom stereocenters. The lowest BCUT2D eigenvalue weighted by molar-refractivity contribution is 0.0825. The van der Waals surface area contributed by atoms with Gasteiger partial charge in [0.25, 0.3) is 0 Å². The molecule has 1 aliphatic rings. The molecule has 0 heterocycles. The molecule has 0 aliphatic heterocycles. The molecule has 0 atom stereocenters. The van der Waals surface area contributed by atoms with Gasteiger partial charge in [0.15, 0.2) is 0 Å². The average Bonchev–Trinajstić information content (AvgIpc) is 2.83. The zero-order chi connectivity index (χ0) is 16.8. The summed E-state index contributed by atoms with van der Waals surface area (Å²) >= 11 is 0. The Hall–Kier alpha value is -2.78. The highest BCUT2D eigenvalue weighted by Crippen LogP contribution is 2.37. The summed E-state index contributed by atoms with van der Waals surface area (Å²) in [5.74, 6) is -0.922. The first-order chi connectivity index (χ1) is 11.6. The van der Waals surface area contributed by atoms with Crippen LogP contribution in [0.3, 0.4) is 0 Å². The van der Waals surface area contributed by atoms with Gasteiger partial charge in [0, 0.05) is 23.1 Å². The SMILES string of the molecule is [2H]c1cc(CCO)ccc1-c1ccc2c3c(cccc13)C(=O)C2=O. The van der Waals surface area contributed by atoms with Crippen LogP contribution < -0.4 is 0 Å². The fraction of sp³-hybridized carbons (Fsp3) is 0.100. The van der Waals surface area contributed by atoms with Crippen LogP contribution in [0, 0.1) is 0 Å². The average molecular weight is 303 g/mol. The highest BCUT2D eigenvalue weighted by Gasteiger charge is 2.31. The third-order valence-electron chi connectivity index (χ3n) is 4.30. The Morgan fingerprint density at radius 2 is 1.61 bits per heavy atom. The molecule has 0 radical (unpaired) electrons. The molecule has 3 heteroatoms. The molecular formula is C20H14O3. The summed E-state index contributed by atoms with van der Waals surface area (Å²) in [6.45, 7) is 0.0456. The van der Waals surface area contributed by atoms with Gasteiger partial charge < -0.3 is 5.11 Å². The standard InChI is InChI=1S/C20H14O3/c21-11-10-12-4-6-13(7-5-12)14-8-9-17-18-15(14)2-1-3-16(18)19(22)20(17)23/h1-9,21H,10-11H2/i6D. The molecule has 0 fully saturated rings. The number of benzene rings is 3. The maximum atomic E-state index is 12.1. The van der Waals surface area contributed by atoms with Crippen molar-refractivity contribution in [3.05, 3.63) is 71.3 Å². The van der Waals surface area contributed by atoms with Crippen molar-refractivity contribution < 1.29 is 16.1 Å². The van der Waals surface area contributed by atoms with Crippen molar-refractivity contribution in [2.45, 2.75) is 6.42 Å². The Labute approximate surface area is 134 Å². The van der Waals surface area contributed by atoms with E-state index in [4.69, 9.17) is 6.48 Å². The van der Waals surface area contributed by atoms with Gasteiger partial charge in [-0.15, -0.1) is 0 Å². The molecule has 0 aromatic heterocycles. The Balaban J connectivity index is 1.97. The molecule has 3 nitrogen and oxygen atoms in total. The van der Waals surface area contributed by atoms with Gasteiger partial charge >= 0.3 is 0 Å². The fourth-order valence-electron chi connectivity index (χ4n) is 3.17. The molecule has 1 N–H and O–H groups in total. The van der Waals surface area contributed by atoms with Gasteiger partial charge in [-0.05, 0) is 34.6 Å². The molecule has 0 amide bonds. The second-order valence-electron chi connectivity index (χ2n) is 5.63. The van der Waals surface area contributed by atoms with Crippen LogP contribution in [0.25, 0.3) is 21.9 Å². The number of aliphatic hydroxyl groups is 1. The van der Waals surface area contributed by atoms with Crippen molar-refractivity contribution in [3.8, 4) is 11.1 Å². The molecule has 0 spiro atoms. The number of carbonyl (C=O) groups excluding carboxylic acids is 2. The van der Waals surface area contributed by atoms with Crippen LogP contribution in [-0.4, -0.2) is 23.3 Å². The maximum Gasteiger partial charge on any atom is 0.234 e. The lowest BCUT2D eigenvalue weighted by Crippen LogP contribution is -2.05. The number of rotatable bonds is 3. The van der Waals surface area contributed by atoms with Gasteiger partial charge in [-0.25, -0.2) is 0 Å². The van der Waals surface area contributed by atoms with Gasteiger partial charge in [0.2, 0.25) is 11.6 Å². The number of carbonyl (C=O) groups is 2. The zero-order valence-electron chi connectivity index (χ0n) is 13.3. The summed E-state index contributed by atoms with van der Waals surface area (Å²) in [7, 11) is 0. The minimum atomic E-state index is -0.461. The Morgan fingerprint density at radius 3 is 2.35 bits per heavy atom. The van der Waals surface area contributed by atoms with Crippen molar-refractivity contribution in [1.29, 1.82) is 0 Å². The third kappa shape index (κ3) is 2.01. The molecule has 0 saturated carbocycles. The topological polar surface area (TPSA) is 54.4 Å². The highest BCUT2D eigenvalue weighted by atomic mass is 16.3. The Kier molecular flexibility index (Phi) is 2.85. The fourth-order valence-corrected chi connectivity index (χ4v) is 3.17. The zero-order valence-corrected chi connectivity index (χ0v) is 12.3. The van der Waals surface area contributed by atoms with Crippen LogP contribution in [0.5, 0.6) is 0 Å². The molecule has 3 aromatic rings. The van der Waals surface area contributed by atoms with Gasteiger partial charge in [0.1, 0.15) is 0 Å². The minimum absolute atomic E-state index is 0.0456. The van der Waals surface area contributed by atoms with E-state index in [1.54, 1.807) is 30.3 Å². The van der Waals surface area contributed by atoms with Crippen molar-refractivity contribution in [2.75, 3.05) is 6.61 Å². The number of hydrogen-bond donors (Lipinski definition) is 1. The molecular weight excluding hydrogens is 288 g/mol. The molecule has 3 aromatic carbocycles. The lowest BCUT2D eigenvalue weighted by Gasteiger charge is -2.09. The predicted octanol–water partition coefficient (Wildman–Crippen LogP) is 3.42. The van der Waals surface area contributed by atoms with E-state index in [1.807, 2.05) is 18.2 Å². The molecule has 4 rings (SSSR count). The maximum absolute atomic E-state index is 12.1. The van der Waals surface area contributed by atoms with Crippen LogP contribution in [0.4, 0.5) is 0 Å². The molecule has 1 aliphatic carbocycles. The first-order valence-corrected chi connectivity index (χ1v) is 7.47. The van der Waals surface area contributed by atoms with E-state index in [2.05, 4.69) is 0 Å². The summed E-state index contributed by atoms with van der Waals surface area (Å²) in [5.41, 5.74) is 3.36. The number of aliphatic hydroxyl groups excluding tert-OH is 1. The van der Waals surface area contributed by atoms with Crippen LogP contribution in [0.2, 0.25) is 0 Å². The molecule has 23 heavy (non-hydrogen) atoms. The van der Waals surface area contributed by atoms with Crippen LogP contribution in [-0.2, 0) is 6.42 Å². The summed E-state index contributed by atoms with van der Waals surface area (Å²) < 4.78 is 8.29. The van der Waals surface area contributed by atoms with E-state index in [9.17, 15) is 9.59 Å². The predicted molar refractivity (Wildman–Crippen MR) is 88.8 cm³/mol. The lowest BCUT2D eigenvalue weighted by atomic mass is 9.94. The second-order valence-corrected chi connectivity index (χ2v) is 5.63. The molecule has 0 bridgehead atoms. The summed E-state index contributed by atoms with van der Waals surface area (Å²) in [6, 6.07) is 14.7. The monoisotopic (exact) mass is 303 g/mol. The van der Waals surface area contributed by atoms with Crippen molar-refractivity contribution >= 4 is 22.3 Å². The van der Waals surface area contributed by atoms with Crippen molar-refractivity contribution in [1.82, 2.24) is 0 Å². The third-order valence-corrected chi connectivity index (χ3v) is 4.30. The van der Waals surface area contributed by atoms with E-state index in [0.29, 0.717) is 29.0 Å². The summed E-state index contributed by atoms with van der Waals surface area (Å²) in [5, 5.41) is 10.5. The van der Waals surface area contributed by atoms with E-state index < -0.39 is 11.6 Å². The van der Waals surface area contributed by atoms with Gasteiger partial charge in [-0.2, -0.15) is 0 Å². The van der Waals surface area contributed by atoms with Gasteiger partial charge in [0.05, 0.1) is 1.37 Å². The first-order valence-electron chi connectivity index (χ1n) is 7.97. The minimum Gasteiger partial charge on any atom is -0.396 e. The number of Topliss-reactive ketones (excluding diaryl/α,β-unsaturated/α-hetero) is 2. The Morgan fingerprint density at radius 1 is 0.870 bits per heavy atom. The first kappa shape index (κ1) is 12.7. The van der Waals surface area contributed by atoms with Gasteiger partial charge in [-0.1, -0.05) is 48.5 Å². The summed E-state index contributed by atoms with van der Waals surface area (Å²) in [4.78, 5) is 24.2. The van der Waals surface area contributed by atoms with E-state index in [0.717, 1.165) is 22.1 Å². The van der Waals surface area contributed by atoms with Gasteiger partial charge in [-0.3, -0.25) is 9.59 Å². The van der Waals surface area contributed by atoms with Crippen LogP contribution in [0.15, 0.2) is 54.6 Å². The number of ketones is 2. The number of hydrogen-bond acceptors (Lipinski definition) is 3. The van der Waals surface area contributed by atoms with E-state index in [1.165, 1.54) is 0 Å². The van der Waals surface area contributed by atoms with E-state index in [-0.39, 0.29) is 6.61 Å². The summed E-state index contributed by atoms with van der Waals surface area (Å²) in [6.07, 6.45) is 0.513. The van der Waals surface area contributed by atoms with Crippen molar-refractivity contribution in [2.24, 2.45) is 0 Å².